The minimum absolute atomic E-state index is 0.103. The molecule has 1 aromatic heterocycles. The summed E-state index contributed by atoms with van der Waals surface area (Å²) in [6.07, 6.45) is 5.32. The number of halogens is 1. The number of carboxylic acid groups (broad SMARTS) is 2. The molecule has 0 bridgehead atoms. The zero-order chi connectivity index (χ0) is 25.5. The third-order valence-electron chi connectivity index (χ3n) is 6.08. The number of carboxylic acids is 2. The Morgan fingerprint density at radius 1 is 1.00 bits per heavy atom. The number of fused-ring (bicyclic) bond motifs is 1. The number of piperidine rings is 1. The number of nitrogens with zero attached hydrogens (tertiary/aromatic N) is 2. The molecule has 2 aromatic carbocycles. The summed E-state index contributed by atoms with van der Waals surface area (Å²) in [7, 11) is 0. The molecule has 0 amide bonds. The lowest BCUT2D eigenvalue weighted by Gasteiger charge is -2.30. The summed E-state index contributed by atoms with van der Waals surface area (Å²) in [5.74, 6) is 3.66. The third-order valence-corrected chi connectivity index (χ3v) is 6.08. The van der Waals surface area contributed by atoms with Gasteiger partial charge in [-0.2, -0.15) is 0 Å². The number of nitrogens with two attached hydrogens (primary N) is 1. The first-order valence-corrected chi connectivity index (χ1v) is 11.3. The van der Waals surface area contributed by atoms with E-state index in [0.717, 1.165) is 43.4 Å². The molecule has 4 N–H and O–H groups in total. The van der Waals surface area contributed by atoms with E-state index in [4.69, 9.17) is 16.1 Å². The molecule has 0 aliphatic carbocycles. The second-order valence-corrected chi connectivity index (χ2v) is 8.28. The Balaban J connectivity index is 0.000000371. The molecule has 2 heterocycles. The SMILES string of the molecule is CCN1CCC(c2cn(N)c3ccc(C(=O)c4ccc(F)cc4)cc23)CC1.O=C(O)/C=C/C(=O)O. The van der Waals surface area contributed by atoms with E-state index in [0.29, 0.717) is 29.2 Å². The zero-order valence-electron chi connectivity index (χ0n) is 19.4. The second-order valence-electron chi connectivity index (χ2n) is 8.28. The molecule has 35 heavy (non-hydrogen) atoms. The minimum atomic E-state index is -1.26. The summed E-state index contributed by atoms with van der Waals surface area (Å²) < 4.78 is 14.8. The number of nitrogen functional groups attached to an aromatic ring is 1. The van der Waals surface area contributed by atoms with Crippen molar-refractivity contribution in [3.63, 3.8) is 0 Å². The molecule has 9 heteroatoms. The van der Waals surface area contributed by atoms with E-state index in [1.54, 1.807) is 10.7 Å². The van der Waals surface area contributed by atoms with Gasteiger partial charge in [0.05, 0.1) is 5.52 Å². The number of hydrogen-bond acceptors (Lipinski definition) is 5. The average Bonchev–Trinajstić information content (AvgIpc) is 3.19. The topological polar surface area (TPSA) is 126 Å². The Morgan fingerprint density at radius 3 is 2.11 bits per heavy atom. The van der Waals surface area contributed by atoms with Gasteiger partial charge in [-0.1, -0.05) is 6.92 Å². The van der Waals surface area contributed by atoms with Crippen molar-refractivity contribution in [2.24, 2.45) is 0 Å². The number of aromatic nitrogens is 1. The van der Waals surface area contributed by atoms with Gasteiger partial charge in [-0.3, -0.25) is 9.47 Å². The van der Waals surface area contributed by atoms with E-state index in [9.17, 15) is 18.8 Å². The van der Waals surface area contributed by atoms with Crippen LogP contribution in [0.3, 0.4) is 0 Å². The standard InChI is InChI=1S/C22H24FN3O.C4H4O4/c1-2-25-11-9-15(10-12-25)20-14-26(24)21-8-5-17(13-19(20)21)22(27)16-3-6-18(23)7-4-16;5-3(6)1-2-4(7)8/h3-8,13-15H,2,9-12,24H2,1H3;1-2H,(H,5,6)(H,7,8)/b;2-1+. The first kappa shape index (κ1) is 25.6. The molecule has 0 atom stereocenters. The van der Waals surface area contributed by atoms with Crippen molar-refractivity contribution in [2.75, 3.05) is 25.5 Å². The normalized spacial score (nSPS) is 14.6. The van der Waals surface area contributed by atoms with Gasteiger partial charge in [-0.25, -0.2) is 14.0 Å². The molecule has 1 fully saturated rings. The largest absolute Gasteiger partial charge is 0.478 e. The molecule has 0 saturated carbocycles. The number of benzene rings is 2. The highest BCUT2D eigenvalue weighted by Gasteiger charge is 2.23. The van der Waals surface area contributed by atoms with Crippen LogP contribution in [0.25, 0.3) is 10.9 Å². The van der Waals surface area contributed by atoms with Crippen molar-refractivity contribution in [3.8, 4) is 0 Å². The fourth-order valence-corrected chi connectivity index (χ4v) is 4.22. The van der Waals surface area contributed by atoms with Gasteiger partial charge in [0.25, 0.3) is 0 Å². The van der Waals surface area contributed by atoms with Crippen molar-refractivity contribution >= 4 is 28.6 Å². The van der Waals surface area contributed by atoms with Crippen molar-refractivity contribution in [2.45, 2.75) is 25.7 Å². The number of carbonyl (C=O) groups excluding carboxylic acids is 1. The first-order valence-electron chi connectivity index (χ1n) is 11.3. The Kier molecular flexibility index (Phi) is 8.38. The van der Waals surface area contributed by atoms with Gasteiger partial charge in [0.15, 0.2) is 5.78 Å². The van der Waals surface area contributed by atoms with Crippen LogP contribution in [0.4, 0.5) is 4.39 Å². The van der Waals surface area contributed by atoms with Crippen LogP contribution >= 0.6 is 0 Å². The van der Waals surface area contributed by atoms with E-state index in [-0.39, 0.29) is 11.6 Å². The molecule has 0 spiro atoms. The smallest absolute Gasteiger partial charge is 0.328 e. The molecule has 8 nitrogen and oxygen atoms in total. The number of carbonyl (C=O) groups is 3. The van der Waals surface area contributed by atoms with Gasteiger partial charge in [-0.05, 0) is 86.4 Å². The van der Waals surface area contributed by atoms with Crippen LogP contribution < -0.4 is 5.84 Å². The fraction of sp³-hybridized carbons (Fsp3) is 0.269. The van der Waals surface area contributed by atoms with Crippen LogP contribution in [0.5, 0.6) is 0 Å². The van der Waals surface area contributed by atoms with Gasteiger partial charge < -0.3 is 21.0 Å². The minimum Gasteiger partial charge on any atom is -0.478 e. The van der Waals surface area contributed by atoms with Gasteiger partial charge in [0, 0.05) is 34.9 Å². The van der Waals surface area contributed by atoms with Crippen LogP contribution in [-0.2, 0) is 9.59 Å². The van der Waals surface area contributed by atoms with Crippen LogP contribution in [0.2, 0.25) is 0 Å². The Bertz CT molecular complexity index is 1230. The van der Waals surface area contributed by atoms with Crippen molar-refractivity contribution in [3.05, 3.63) is 83.3 Å². The number of aliphatic carboxylic acids is 2. The molecule has 1 saturated heterocycles. The summed E-state index contributed by atoms with van der Waals surface area (Å²) in [4.78, 5) is 34.4. The van der Waals surface area contributed by atoms with Crippen molar-refractivity contribution < 1.29 is 29.0 Å². The quantitative estimate of drug-likeness (QED) is 0.279. The molecule has 3 aromatic rings. The van der Waals surface area contributed by atoms with Gasteiger partial charge in [-0.15, -0.1) is 0 Å². The average molecular weight is 482 g/mol. The number of ketones is 1. The first-order chi connectivity index (χ1) is 16.7. The molecular formula is C26H28FN3O5. The van der Waals surface area contributed by atoms with Crippen LogP contribution in [-0.4, -0.2) is 57.1 Å². The van der Waals surface area contributed by atoms with E-state index >= 15 is 0 Å². The van der Waals surface area contributed by atoms with Crippen LogP contribution in [0, 0.1) is 5.82 Å². The van der Waals surface area contributed by atoms with E-state index < -0.39 is 11.9 Å². The predicted molar refractivity (Wildman–Crippen MR) is 130 cm³/mol. The highest BCUT2D eigenvalue weighted by Crippen LogP contribution is 2.34. The summed E-state index contributed by atoms with van der Waals surface area (Å²) in [5, 5.41) is 16.7. The van der Waals surface area contributed by atoms with E-state index in [1.165, 1.54) is 29.8 Å². The maximum Gasteiger partial charge on any atom is 0.328 e. The monoisotopic (exact) mass is 481 g/mol. The molecule has 1 aliphatic heterocycles. The number of hydrogen-bond donors (Lipinski definition) is 3. The van der Waals surface area contributed by atoms with Crippen LogP contribution in [0.1, 0.15) is 47.2 Å². The van der Waals surface area contributed by atoms with Crippen molar-refractivity contribution in [1.82, 2.24) is 9.58 Å². The molecule has 4 rings (SSSR count). The zero-order valence-corrected chi connectivity index (χ0v) is 19.4. The van der Waals surface area contributed by atoms with Gasteiger partial charge in [0.2, 0.25) is 0 Å². The number of rotatable bonds is 6. The maximum atomic E-state index is 13.1. The second kappa shape index (κ2) is 11.4. The highest BCUT2D eigenvalue weighted by atomic mass is 19.1. The molecule has 184 valence electrons. The van der Waals surface area contributed by atoms with E-state index in [1.807, 2.05) is 18.3 Å². The van der Waals surface area contributed by atoms with E-state index in [2.05, 4.69) is 11.8 Å². The van der Waals surface area contributed by atoms with Crippen LogP contribution in [0.15, 0.2) is 60.8 Å². The fourth-order valence-electron chi connectivity index (χ4n) is 4.22. The van der Waals surface area contributed by atoms with Crippen molar-refractivity contribution in [1.29, 1.82) is 0 Å². The molecular weight excluding hydrogens is 453 g/mol. The van der Waals surface area contributed by atoms with Gasteiger partial charge in [0.1, 0.15) is 5.82 Å². The Hall–Kier alpha value is -3.98. The molecule has 0 radical (unpaired) electrons. The lowest BCUT2D eigenvalue weighted by atomic mass is 9.88. The third kappa shape index (κ3) is 6.54. The highest BCUT2D eigenvalue weighted by molar-refractivity contribution is 6.10. The summed E-state index contributed by atoms with van der Waals surface area (Å²) in [5.41, 5.74) is 3.24. The van der Waals surface area contributed by atoms with Gasteiger partial charge >= 0.3 is 11.9 Å². The predicted octanol–water partition coefficient (Wildman–Crippen LogP) is 3.64. The number of likely N-dealkylation sites (tertiary alicyclic amines) is 1. The summed E-state index contributed by atoms with van der Waals surface area (Å²) in [6, 6.07) is 11.3. The lowest BCUT2D eigenvalue weighted by molar-refractivity contribution is -0.134. The summed E-state index contributed by atoms with van der Waals surface area (Å²) in [6.45, 7) is 5.46. The Labute approximate surface area is 202 Å². The lowest BCUT2D eigenvalue weighted by Crippen LogP contribution is -2.32. The summed E-state index contributed by atoms with van der Waals surface area (Å²) >= 11 is 0. The molecule has 1 aliphatic rings. The Morgan fingerprint density at radius 2 is 1.57 bits per heavy atom. The maximum absolute atomic E-state index is 13.1. The molecule has 0 unspecified atom stereocenters.